The fraction of sp³-hybridized carbons (Fsp3) is 0.320. The number of nitrogens with one attached hydrogen (secondary N) is 1. The minimum absolute atomic E-state index is 0.269. The number of nitrogens with zero attached hydrogens (tertiary/aromatic N) is 6. The number of rotatable bonds is 7. The van der Waals surface area contributed by atoms with Gasteiger partial charge in [-0.3, -0.25) is 5.32 Å². The maximum atomic E-state index is 12.2. The molecule has 0 unspecified atom stereocenters. The van der Waals surface area contributed by atoms with E-state index in [1.165, 1.54) is 0 Å². The summed E-state index contributed by atoms with van der Waals surface area (Å²) in [6.07, 6.45) is 0.101. The SMILES string of the molecule is CCn1nnc2c(N3CCOCC3)nc(-c3ccc(NC(=O)OCCc4ccc(N)cc4)cc3)nc21. The molecule has 1 aliphatic heterocycles. The van der Waals surface area contributed by atoms with Gasteiger partial charge in [-0.05, 0) is 48.9 Å². The molecule has 0 bridgehead atoms. The summed E-state index contributed by atoms with van der Waals surface area (Å²) in [5, 5.41) is 11.3. The van der Waals surface area contributed by atoms with Crippen molar-refractivity contribution in [1.29, 1.82) is 0 Å². The van der Waals surface area contributed by atoms with Crippen LogP contribution in [-0.4, -0.2) is 64.0 Å². The first-order valence-corrected chi connectivity index (χ1v) is 11.9. The summed E-state index contributed by atoms with van der Waals surface area (Å²) in [5.41, 5.74) is 10.3. The highest BCUT2D eigenvalue weighted by Gasteiger charge is 2.21. The van der Waals surface area contributed by atoms with Gasteiger partial charge in [0.05, 0.1) is 19.8 Å². The quantitative estimate of drug-likeness (QED) is 0.376. The van der Waals surface area contributed by atoms with Gasteiger partial charge < -0.3 is 20.1 Å². The van der Waals surface area contributed by atoms with Gasteiger partial charge in [-0.15, -0.1) is 5.10 Å². The zero-order valence-corrected chi connectivity index (χ0v) is 20.1. The molecule has 0 radical (unpaired) electrons. The summed E-state index contributed by atoms with van der Waals surface area (Å²) in [6, 6.07) is 14.8. The van der Waals surface area contributed by atoms with Crippen molar-refractivity contribution in [2.45, 2.75) is 19.9 Å². The molecule has 0 spiro atoms. The molecule has 11 nitrogen and oxygen atoms in total. The van der Waals surface area contributed by atoms with Crippen LogP contribution in [0.3, 0.4) is 0 Å². The Hall–Kier alpha value is -4.25. The Labute approximate surface area is 208 Å². The number of fused-ring (bicyclic) bond motifs is 1. The van der Waals surface area contributed by atoms with E-state index in [0.29, 0.717) is 54.5 Å². The number of amides is 1. The zero-order valence-electron chi connectivity index (χ0n) is 20.1. The molecule has 1 aliphatic rings. The molecule has 3 heterocycles. The molecule has 0 saturated carbocycles. The van der Waals surface area contributed by atoms with Crippen LogP contribution in [0, 0.1) is 0 Å². The van der Waals surface area contributed by atoms with Gasteiger partial charge in [0.1, 0.15) is 0 Å². The molecule has 1 fully saturated rings. The van der Waals surface area contributed by atoms with Crippen LogP contribution in [0.15, 0.2) is 48.5 Å². The molecule has 0 atom stereocenters. The van der Waals surface area contributed by atoms with Crippen LogP contribution in [0.1, 0.15) is 12.5 Å². The van der Waals surface area contributed by atoms with Crippen LogP contribution in [0.2, 0.25) is 0 Å². The lowest BCUT2D eigenvalue weighted by molar-refractivity contribution is 0.122. The molecular formula is C25H28N8O3. The van der Waals surface area contributed by atoms with Crippen LogP contribution in [0.25, 0.3) is 22.6 Å². The number of hydrogen-bond donors (Lipinski definition) is 2. The third kappa shape index (κ3) is 5.20. The minimum atomic E-state index is -0.511. The fourth-order valence-corrected chi connectivity index (χ4v) is 3.98. The first-order chi connectivity index (χ1) is 17.6. The van der Waals surface area contributed by atoms with E-state index in [4.69, 9.17) is 25.2 Å². The summed E-state index contributed by atoms with van der Waals surface area (Å²) < 4.78 is 12.6. The number of hydrogen-bond acceptors (Lipinski definition) is 9. The highest BCUT2D eigenvalue weighted by Crippen LogP contribution is 2.27. The minimum Gasteiger partial charge on any atom is -0.449 e. The van der Waals surface area contributed by atoms with Crippen LogP contribution < -0.4 is 16.0 Å². The largest absolute Gasteiger partial charge is 0.449 e. The van der Waals surface area contributed by atoms with Gasteiger partial charge in [0.25, 0.3) is 0 Å². The van der Waals surface area contributed by atoms with Crippen molar-refractivity contribution in [2.24, 2.45) is 0 Å². The third-order valence-electron chi connectivity index (χ3n) is 5.95. The van der Waals surface area contributed by atoms with Gasteiger partial charge in [0.15, 0.2) is 22.8 Å². The number of nitrogens with two attached hydrogens (primary N) is 1. The highest BCUT2D eigenvalue weighted by atomic mass is 16.5. The van der Waals surface area contributed by atoms with E-state index in [1.54, 1.807) is 16.8 Å². The molecule has 1 amide bonds. The Morgan fingerprint density at radius 2 is 1.83 bits per heavy atom. The predicted molar refractivity (Wildman–Crippen MR) is 137 cm³/mol. The second-order valence-electron chi connectivity index (χ2n) is 8.38. The first-order valence-electron chi connectivity index (χ1n) is 11.9. The monoisotopic (exact) mass is 488 g/mol. The number of aryl methyl sites for hydroxylation is 1. The number of carbonyl (C=O) groups excluding carboxylic acids is 1. The van der Waals surface area contributed by atoms with Crippen molar-refractivity contribution in [3.8, 4) is 11.4 Å². The van der Waals surface area contributed by atoms with Gasteiger partial charge in [0, 0.05) is 43.0 Å². The van der Waals surface area contributed by atoms with E-state index in [0.717, 1.165) is 30.0 Å². The molecule has 11 heteroatoms. The summed E-state index contributed by atoms with van der Waals surface area (Å²) >= 11 is 0. The van der Waals surface area contributed by atoms with Gasteiger partial charge in [-0.25, -0.2) is 19.4 Å². The number of ether oxygens (including phenoxy) is 2. The second kappa shape index (κ2) is 10.6. The second-order valence-corrected chi connectivity index (χ2v) is 8.38. The van der Waals surface area contributed by atoms with E-state index in [2.05, 4.69) is 20.5 Å². The number of anilines is 3. The number of carbonyl (C=O) groups is 1. The summed E-state index contributed by atoms with van der Waals surface area (Å²) in [4.78, 5) is 23.9. The lowest BCUT2D eigenvalue weighted by atomic mass is 10.1. The topological polar surface area (TPSA) is 133 Å². The Balaban J connectivity index is 1.28. The maximum absolute atomic E-state index is 12.2. The average molecular weight is 489 g/mol. The van der Waals surface area contributed by atoms with E-state index in [9.17, 15) is 4.79 Å². The molecule has 36 heavy (non-hydrogen) atoms. The van der Waals surface area contributed by atoms with Crippen molar-refractivity contribution < 1.29 is 14.3 Å². The van der Waals surface area contributed by atoms with Gasteiger partial charge in [-0.1, -0.05) is 17.3 Å². The smallest absolute Gasteiger partial charge is 0.411 e. The van der Waals surface area contributed by atoms with Crippen molar-refractivity contribution in [3.63, 3.8) is 0 Å². The lowest BCUT2D eigenvalue weighted by Gasteiger charge is -2.27. The molecule has 1 saturated heterocycles. The Kier molecular flexibility index (Phi) is 6.89. The molecule has 186 valence electrons. The van der Waals surface area contributed by atoms with Crippen LogP contribution in [-0.2, 0) is 22.4 Å². The summed E-state index contributed by atoms with van der Waals surface area (Å²) in [5.74, 6) is 1.32. The maximum Gasteiger partial charge on any atom is 0.411 e. The Morgan fingerprint density at radius 3 is 2.56 bits per heavy atom. The highest BCUT2D eigenvalue weighted by molar-refractivity contribution is 5.86. The first kappa shape index (κ1) is 23.5. The summed E-state index contributed by atoms with van der Waals surface area (Å²) in [6.45, 7) is 5.66. The molecule has 2 aromatic carbocycles. The van der Waals surface area contributed by atoms with Gasteiger partial charge in [-0.2, -0.15) is 0 Å². The molecular weight excluding hydrogens is 460 g/mol. The number of nitrogen functional groups attached to an aromatic ring is 1. The van der Waals surface area contributed by atoms with Crippen molar-refractivity contribution >= 4 is 34.4 Å². The zero-order chi connectivity index (χ0) is 24.9. The summed E-state index contributed by atoms with van der Waals surface area (Å²) in [7, 11) is 0. The predicted octanol–water partition coefficient (Wildman–Crippen LogP) is 3.12. The van der Waals surface area contributed by atoms with Gasteiger partial charge >= 0.3 is 6.09 Å². The molecule has 0 aliphatic carbocycles. The van der Waals surface area contributed by atoms with Crippen LogP contribution >= 0.6 is 0 Å². The van der Waals surface area contributed by atoms with E-state index < -0.39 is 6.09 Å². The van der Waals surface area contributed by atoms with Crippen molar-refractivity contribution in [3.05, 3.63) is 54.1 Å². The van der Waals surface area contributed by atoms with E-state index in [-0.39, 0.29) is 6.61 Å². The molecule has 2 aromatic heterocycles. The van der Waals surface area contributed by atoms with Crippen LogP contribution in [0.5, 0.6) is 0 Å². The Morgan fingerprint density at radius 1 is 1.08 bits per heavy atom. The molecule has 4 aromatic rings. The van der Waals surface area contributed by atoms with Crippen molar-refractivity contribution in [1.82, 2.24) is 25.0 Å². The number of morpholine rings is 1. The fourth-order valence-electron chi connectivity index (χ4n) is 3.98. The van der Waals surface area contributed by atoms with E-state index in [1.807, 2.05) is 43.3 Å². The third-order valence-corrected chi connectivity index (χ3v) is 5.95. The average Bonchev–Trinajstić information content (AvgIpc) is 3.33. The lowest BCUT2D eigenvalue weighted by Crippen LogP contribution is -2.37. The Bertz CT molecular complexity index is 1330. The van der Waals surface area contributed by atoms with Crippen molar-refractivity contribution in [2.75, 3.05) is 48.9 Å². The van der Waals surface area contributed by atoms with E-state index >= 15 is 0 Å². The van der Waals surface area contributed by atoms with Crippen LogP contribution in [0.4, 0.5) is 22.0 Å². The molecule has 5 rings (SSSR count). The van der Waals surface area contributed by atoms with Gasteiger partial charge in [0.2, 0.25) is 0 Å². The standard InChI is InChI=1S/C25H28N8O3/c1-2-33-24-21(30-31-33)23(32-12-15-35-16-13-32)28-22(29-24)18-5-9-20(10-6-18)27-25(34)36-14-11-17-3-7-19(26)8-4-17/h3-10H,2,11-16,26H2,1H3,(H,27,34). The number of aromatic nitrogens is 5. The molecule has 3 N–H and O–H groups in total. The number of benzene rings is 2. The normalized spacial score (nSPS) is 13.6.